The molecule has 2 bridgehead atoms. The molecule has 0 aromatic heterocycles. The Morgan fingerprint density at radius 3 is 2.83 bits per heavy atom. The number of carbonyl (C=O) groups is 3. The lowest BCUT2D eigenvalue weighted by Crippen LogP contribution is -2.76. The number of rotatable bonds is 3. The summed E-state index contributed by atoms with van der Waals surface area (Å²) in [6, 6.07) is 3.23. The Kier molecular flexibility index (Phi) is 3.94. The first kappa shape index (κ1) is 19.0. The van der Waals surface area contributed by atoms with Crippen LogP contribution in [0, 0.1) is 0 Å². The van der Waals surface area contributed by atoms with Crippen LogP contribution in [-0.2, 0) is 30.9 Å². The minimum Gasteiger partial charge on any atom is -0.493 e. The van der Waals surface area contributed by atoms with E-state index in [0.717, 1.165) is 11.1 Å². The number of amides is 1. The van der Waals surface area contributed by atoms with E-state index < -0.39 is 35.2 Å². The van der Waals surface area contributed by atoms with Gasteiger partial charge in [0, 0.05) is 19.0 Å². The number of ketones is 1. The maximum Gasteiger partial charge on any atom is 0.410 e. The third-order valence-electron chi connectivity index (χ3n) is 6.85. The van der Waals surface area contributed by atoms with E-state index in [1.54, 1.807) is 25.0 Å². The number of methoxy groups -OCH3 is 1. The van der Waals surface area contributed by atoms with Gasteiger partial charge in [-0.15, -0.1) is 0 Å². The highest BCUT2D eigenvalue weighted by molar-refractivity contribution is 5.99. The van der Waals surface area contributed by atoms with Gasteiger partial charge in [-0.1, -0.05) is 6.07 Å². The number of hydrogen-bond acceptors (Lipinski definition) is 7. The van der Waals surface area contributed by atoms with Crippen molar-refractivity contribution in [3.63, 3.8) is 0 Å². The predicted octanol–water partition coefficient (Wildman–Crippen LogP) is 1.92. The second-order valence-electron chi connectivity index (χ2n) is 8.09. The Bertz CT molecular complexity index is 1000. The molecule has 158 valence electrons. The van der Waals surface area contributed by atoms with Gasteiger partial charge in [-0.05, 0) is 43.5 Å². The average molecular weight is 413 g/mol. The molecule has 2 aliphatic heterocycles. The molecule has 1 aromatic carbocycles. The van der Waals surface area contributed by atoms with Gasteiger partial charge in [-0.25, -0.2) is 4.79 Å². The first-order chi connectivity index (χ1) is 14.4. The molecule has 1 aromatic rings. The number of nitrogens with zero attached hydrogens (tertiary/aromatic N) is 1. The highest BCUT2D eigenvalue weighted by atomic mass is 16.6. The SMILES string of the molecule is CCOC(=O)N1CCC23c4c5ccc(OC)c4OC2C(=O)C=CC3(OC(C)=O)C1C5. The lowest BCUT2D eigenvalue weighted by Gasteiger charge is -2.61. The van der Waals surface area contributed by atoms with Crippen LogP contribution >= 0.6 is 0 Å². The van der Waals surface area contributed by atoms with Gasteiger partial charge >= 0.3 is 12.1 Å². The summed E-state index contributed by atoms with van der Waals surface area (Å²) in [4.78, 5) is 39.7. The Labute approximate surface area is 173 Å². The zero-order chi connectivity index (χ0) is 21.3. The lowest BCUT2D eigenvalue weighted by atomic mass is 9.50. The predicted molar refractivity (Wildman–Crippen MR) is 104 cm³/mol. The van der Waals surface area contributed by atoms with Gasteiger partial charge < -0.3 is 23.8 Å². The van der Waals surface area contributed by atoms with Crippen LogP contribution in [0.3, 0.4) is 0 Å². The molecule has 0 N–H and O–H groups in total. The molecule has 30 heavy (non-hydrogen) atoms. The van der Waals surface area contributed by atoms with Crippen LogP contribution in [0.2, 0.25) is 0 Å². The van der Waals surface area contributed by atoms with Crippen molar-refractivity contribution in [3.05, 3.63) is 35.4 Å². The van der Waals surface area contributed by atoms with Crippen molar-refractivity contribution in [1.82, 2.24) is 4.90 Å². The molecule has 1 fully saturated rings. The summed E-state index contributed by atoms with van der Waals surface area (Å²) in [6.45, 7) is 3.70. The van der Waals surface area contributed by atoms with Gasteiger partial charge in [0.2, 0.25) is 0 Å². The first-order valence-electron chi connectivity index (χ1n) is 10.1. The zero-order valence-electron chi connectivity index (χ0n) is 17.1. The first-order valence-corrected chi connectivity index (χ1v) is 10.1. The molecule has 4 aliphatic rings. The number of ether oxygens (including phenoxy) is 4. The van der Waals surface area contributed by atoms with Crippen molar-refractivity contribution in [2.45, 2.75) is 49.9 Å². The summed E-state index contributed by atoms with van der Waals surface area (Å²) in [7, 11) is 1.55. The third kappa shape index (κ3) is 2.08. The van der Waals surface area contributed by atoms with Gasteiger partial charge in [-0.3, -0.25) is 9.59 Å². The molecule has 4 unspecified atom stereocenters. The molecule has 1 amide bonds. The van der Waals surface area contributed by atoms with E-state index in [4.69, 9.17) is 18.9 Å². The van der Waals surface area contributed by atoms with Crippen molar-refractivity contribution in [1.29, 1.82) is 0 Å². The number of carbonyl (C=O) groups excluding carboxylic acids is 3. The fraction of sp³-hybridized carbons (Fsp3) is 0.500. The topological polar surface area (TPSA) is 91.4 Å². The molecular formula is C22H23NO7. The smallest absolute Gasteiger partial charge is 0.410 e. The summed E-state index contributed by atoms with van der Waals surface area (Å²) in [6.07, 6.45) is 2.60. The Balaban J connectivity index is 1.80. The summed E-state index contributed by atoms with van der Waals surface area (Å²) in [5.41, 5.74) is -0.341. The van der Waals surface area contributed by atoms with Crippen molar-refractivity contribution < 1.29 is 33.3 Å². The molecule has 2 aliphatic carbocycles. The van der Waals surface area contributed by atoms with E-state index in [1.807, 2.05) is 12.1 Å². The van der Waals surface area contributed by atoms with Crippen LogP contribution in [0.4, 0.5) is 4.79 Å². The average Bonchev–Trinajstić information content (AvgIpc) is 3.05. The van der Waals surface area contributed by atoms with Crippen molar-refractivity contribution >= 4 is 17.8 Å². The Morgan fingerprint density at radius 1 is 1.33 bits per heavy atom. The molecule has 1 spiro atoms. The molecular weight excluding hydrogens is 390 g/mol. The van der Waals surface area contributed by atoms with E-state index in [0.29, 0.717) is 30.9 Å². The quantitative estimate of drug-likeness (QED) is 0.699. The Hall–Kier alpha value is -3.03. The van der Waals surface area contributed by atoms with Crippen LogP contribution in [0.1, 0.15) is 31.4 Å². The highest BCUT2D eigenvalue weighted by Gasteiger charge is 2.75. The molecule has 8 nitrogen and oxygen atoms in total. The van der Waals surface area contributed by atoms with Crippen molar-refractivity contribution in [3.8, 4) is 11.5 Å². The second kappa shape index (κ2) is 6.23. The fourth-order valence-electron chi connectivity index (χ4n) is 5.90. The van der Waals surface area contributed by atoms with Crippen LogP contribution in [0.25, 0.3) is 0 Å². The molecule has 4 atom stereocenters. The lowest BCUT2D eigenvalue weighted by molar-refractivity contribution is -0.187. The minimum atomic E-state index is -1.23. The van der Waals surface area contributed by atoms with E-state index in [9.17, 15) is 14.4 Å². The number of piperidine rings is 1. The molecule has 1 saturated heterocycles. The molecule has 2 heterocycles. The number of hydrogen-bond donors (Lipinski definition) is 0. The van der Waals surface area contributed by atoms with Gasteiger partial charge in [-0.2, -0.15) is 0 Å². The maximum atomic E-state index is 13.0. The molecule has 0 radical (unpaired) electrons. The number of esters is 1. The normalized spacial score (nSPS) is 32.2. The van der Waals surface area contributed by atoms with Gasteiger partial charge in [0.15, 0.2) is 29.0 Å². The largest absolute Gasteiger partial charge is 0.493 e. The minimum absolute atomic E-state index is 0.188. The maximum absolute atomic E-state index is 13.0. The van der Waals surface area contributed by atoms with Crippen molar-refractivity contribution in [2.24, 2.45) is 0 Å². The number of likely N-dealkylation sites (tertiary alicyclic amines) is 1. The van der Waals surface area contributed by atoms with E-state index in [2.05, 4.69) is 0 Å². The van der Waals surface area contributed by atoms with Crippen LogP contribution in [-0.4, -0.2) is 60.8 Å². The molecule has 5 rings (SSSR count). The van der Waals surface area contributed by atoms with Crippen LogP contribution in [0.15, 0.2) is 24.3 Å². The van der Waals surface area contributed by atoms with Gasteiger partial charge in [0.05, 0.1) is 25.2 Å². The standard InChI is InChI=1S/C22H23NO7/c1-4-28-20(26)23-10-9-21-17-13-5-6-15(27-3)18(17)29-19(21)14(25)7-8-22(21,16(23)11-13)30-12(2)24/h5-8,16,19H,4,9-11H2,1-3H3. The van der Waals surface area contributed by atoms with Crippen LogP contribution in [0.5, 0.6) is 11.5 Å². The number of benzene rings is 1. The summed E-state index contributed by atoms with van der Waals surface area (Å²) in [5.74, 6) is 0.389. The van der Waals surface area contributed by atoms with E-state index in [-0.39, 0.29) is 12.4 Å². The van der Waals surface area contributed by atoms with E-state index in [1.165, 1.54) is 13.0 Å². The second-order valence-corrected chi connectivity index (χ2v) is 8.09. The third-order valence-corrected chi connectivity index (χ3v) is 6.85. The molecule has 0 saturated carbocycles. The monoisotopic (exact) mass is 413 g/mol. The fourth-order valence-corrected chi connectivity index (χ4v) is 5.90. The van der Waals surface area contributed by atoms with Gasteiger partial charge in [0.25, 0.3) is 0 Å². The summed E-state index contributed by atoms with van der Waals surface area (Å²) >= 11 is 0. The summed E-state index contributed by atoms with van der Waals surface area (Å²) in [5, 5.41) is 0. The van der Waals surface area contributed by atoms with Crippen molar-refractivity contribution in [2.75, 3.05) is 20.3 Å². The molecule has 8 heteroatoms. The van der Waals surface area contributed by atoms with Crippen LogP contribution < -0.4 is 9.47 Å². The zero-order valence-corrected chi connectivity index (χ0v) is 17.1. The van der Waals surface area contributed by atoms with Gasteiger partial charge in [0.1, 0.15) is 0 Å². The highest BCUT2D eigenvalue weighted by Crippen LogP contribution is 2.64. The Morgan fingerprint density at radius 2 is 2.13 bits per heavy atom. The van der Waals surface area contributed by atoms with E-state index >= 15 is 0 Å². The summed E-state index contributed by atoms with van der Waals surface area (Å²) < 4.78 is 23.0.